The molecule has 0 saturated heterocycles. The maximum absolute atomic E-state index is 12.3. The van der Waals surface area contributed by atoms with E-state index >= 15 is 0 Å². The van der Waals surface area contributed by atoms with E-state index in [1.165, 1.54) is 5.56 Å². The Balaban J connectivity index is 1.82. The summed E-state index contributed by atoms with van der Waals surface area (Å²) in [6.45, 7) is 3.33. The Kier molecular flexibility index (Phi) is 3.69. The van der Waals surface area contributed by atoms with Crippen LogP contribution in [-0.2, 0) is 28.7 Å². The van der Waals surface area contributed by atoms with Gasteiger partial charge in [-0.1, -0.05) is 17.3 Å². The molecule has 0 bridgehead atoms. The van der Waals surface area contributed by atoms with Crippen LogP contribution in [0.1, 0.15) is 22.6 Å². The summed E-state index contributed by atoms with van der Waals surface area (Å²) >= 11 is 0. The number of sulfonamides is 1. The topological polar surface area (TPSA) is 84.2 Å². The molecular weight excluding hydrogens is 290 g/mol. The minimum absolute atomic E-state index is 0.193. The normalized spacial score (nSPS) is 14.7. The standard InChI is InChI=1S/C14H17N3O3S/c1-10-7-12(16-20-10)9-21(18,19)17-14-4-2-3-11-5-6-15-8-13(11)14/h2-4,7,15,17H,5-6,8-9H2,1H3. The summed E-state index contributed by atoms with van der Waals surface area (Å²) in [4.78, 5) is 0. The minimum atomic E-state index is -3.51. The van der Waals surface area contributed by atoms with Gasteiger partial charge in [0.25, 0.3) is 0 Å². The number of rotatable bonds is 4. The van der Waals surface area contributed by atoms with Crippen molar-refractivity contribution in [2.24, 2.45) is 0 Å². The second-order valence-electron chi connectivity index (χ2n) is 5.16. The molecule has 1 aliphatic rings. The number of aryl methyl sites for hydroxylation is 1. The monoisotopic (exact) mass is 307 g/mol. The van der Waals surface area contributed by atoms with Gasteiger partial charge in [-0.2, -0.15) is 0 Å². The van der Waals surface area contributed by atoms with Crippen molar-refractivity contribution in [2.75, 3.05) is 11.3 Å². The fourth-order valence-corrected chi connectivity index (χ4v) is 3.62. The lowest BCUT2D eigenvalue weighted by atomic mass is 10.00. The van der Waals surface area contributed by atoms with Crippen LogP contribution in [0.5, 0.6) is 0 Å². The maximum atomic E-state index is 12.3. The fraction of sp³-hybridized carbons (Fsp3) is 0.357. The van der Waals surface area contributed by atoms with Gasteiger partial charge in [0.1, 0.15) is 17.2 Å². The van der Waals surface area contributed by atoms with Gasteiger partial charge in [-0.05, 0) is 37.1 Å². The third-order valence-electron chi connectivity index (χ3n) is 3.43. The van der Waals surface area contributed by atoms with Crippen LogP contribution in [0.25, 0.3) is 0 Å². The van der Waals surface area contributed by atoms with Gasteiger partial charge in [0.15, 0.2) is 0 Å². The van der Waals surface area contributed by atoms with Crippen LogP contribution in [-0.4, -0.2) is 20.1 Å². The lowest BCUT2D eigenvalue weighted by Crippen LogP contribution is -2.26. The van der Waals surface area contributed by atoms with Crippen LogP contribution in [0, 0.1) is 6.92 Å². The summed E-state index contributed by atoms with van der Waals surface area (Å²) in [5.41, 5.74) is 3.25. The summed E-state index contributed by atoms with van der Waals surface area (Å²) in [5, 5.41) is 6.98. The minimum Gasteiger partial charge on any atom is -0.361 e. The summed E-state index contributed by atoms with van der Waals surface area (Å²) in [5.74, 6) is 0.406. The number of benzene rings is 1. The molecule has 6 nitrogen and oxygen atoms in total. The highest BCUT2D eigenvalue weighted by atomic mass is 32.2. The van der Waals surface area contributed by atoms with E-state index in [2.05, 4.69) is 15.2 Å². The molecule has 1 aliphatic heterocycles. The van der Waals surface area contributed by atoms with E-state index in [1.54, 1.807) is 19.1 Å². The zero-order valence-electron chi connectivity index (χ0n) is 11.7. The molecule has 0 amide bonds. The predicted molar refractivity (Wildman–Crippen MR) is 79.3 cm³/mol. The molecule has 0 spiro atoms. The molecule has 0 atom stereocenters. The molecule has 0 fully saturated rings. The molecule has 1 aromatic heterocycles. The Labute approximate surface area is 123 Å². The molecule has 2 N–H and O–H groups in total. The van der Waals surface area contributed by atoms with E-state index in [1.807, 2.05) is 12.1 Å². The molecule has 0 radical (unpaired) electrons. The molecule has 2 aromatic rings. The first-order chi connectivity index (χ1) is 10.0. The van der Waals surface area contributed by atoms with Gasteiger partial charge in [0.2, 0.25) is 10.0 Å². The Morgan fingerprint density at radius 3 is 3.05 bits per heavy atom. The van der Waals surface area contributed by atoms with Gasteiger partial charge in [0, 0.05) is 12.6 Å². The second-order valence-corrected chi connectivity index (χ2v) is 6.88. The Morgan fingerprint density at radius 2 is 2.29 bits per heavy atom. The van der Waals surface area contributed by atoms with Crippen molar-refractivity contribution in [1.29, 1.82) is 0 Å². The van der Waals surface area contributed by atoms with Crippen molar-refractivity contribution in [3.05, 3.63) is 46.8 Å². The van der Waals surface area contributed by atoms with Crippen LogP contribution < -0.4 is 10.0 Å². The predicted octanol–water partition coefficient (Wildman–Crippen LogP) is 1.57. The van der Waals surface area contributed by atoms with Gasteiger partial charge >= 0.3 is 0 Å². The van der Waals surface area contributed by atoms with Crippen LogP contribution in [0.2, 0.25) is 0 Å². The van der Waals surface area contributed by atoms with Gasteiger partial charge in [0.05, 0.1) is 5.69 Å². The largest absolute Gasteiger partial charge is 0.361 e. The van der Waals surface area contributed by atoms with Crippen LogP contribution in [0.3, 0.4) is 0 Å². The quantitative estimate of drug-likeness (QED) is 0.895. The number of nitrogens with zero attached hydrogens (tertiary/aromatic N) is 1. The lowest BCUT2D eigenvalue weighted by Gasteiger charge is -2.20. The van der Waals surface area contributed by atoms with Crippen LogP contribution >= 0.6 is 0 Å². The van der Waals surface area contributed by atoms with Crippen molar-refractivity contribution >= 4 is 15.7 Å². The third kappa shape index (κ3) is 3.25. The Hall–Kier alpha value is -1.86. The first kappa shape index (κ1) is 14.1. The summed E-state index contributed by atoms with van der Waals surface area (Å²) in [7, 11) is -3.51. The molecule has 2 heterocycles. The molecule has 7 heteroatoms. The van der Waals surface area contributed by atoms with Gasteiger partial charge in [-0.15, -0.1) is 0 Å². The fourth-order valence-electron chi connectivity index (χ4n) is 2.49. The second kappa shape index (κ2) is 5.50. The zero-order chi connectivity index (χ0) is 14.9. The average molecular weight is 307 g/mol. The highest BCUT2D eigenvalue weighted by Crippen LogP contribution is 2.24. The maximum Gasteiger partial charge on any atom is 0.238 e. The SMILES string of the molecule is Cc1cc(CS(=O)(=O)Nc2cccc3c2CNCC3)no1. The van der Waals surface area contributed by atoms with E-state index < -0.39 is 10.0 Å². The number of nitrogens with one attached hydrogen (secondary N) is 2. The van der Waals surface area contributed by atoms with Crippen molar-refractivity contribution in [1.82, 2.24) is 10.5 Å². The first-order valence-electron chi connectivity index (χ1n) is 6.78. The van der Waals surface area contributed by atoms with Gasteiger partial charge in [-0.25, -0.2) is 8.42 Å². The first-order valence-corrected chi connectivity index (χ1v) is 8.43. The summed E-state index contributed by atoms with van der Waals surface area (Å²) in [6, 6.07) is 7.33. The van der Waals surface area contributed by atoms with Crippen LogP contribution in [0.4, 0.5) is 5.69 Å². The highest BCUT2D eigenvalue weighted by Gasteiger charge is 2.19. The number of fused-ring (bicyclic) bond motifs is 1. The van der Waals surface area contributed by atoms with E-state index in [9.17, 15) is 8.42 Å². The van der Waals surface area contributed by atoms with E-state index in [0.717, 1.165) is 18.5 Å². The van der Waals surface area contributed by atoms with Crippen molar-refractivity contribution in [3.63, 3.8) is 0 Å². The Morgan fingerprint density at radius 1 is 1.43 bits per heavy atom. The molecule has 0 unspecified atom stereocenters. The lowest BCUT2D eigenvalue weighted by molar-refractivity contribution is 0.392. The van der Waals surface area contributed by atoms with E-state index in [4.69, 9.17) is 4.52 Å². The van der Waals surface area contributed by atoms with Gasteiger partial charge in [-0.3, -0.25) is 4.72 Å². The average Bonchev–Trinajstić information content (AvgIpc) is 2.83. The number of hydrogen-bond acceptors (Lipinski definition) is 5. The molecular formula is C14H17N3O3S. The molecule has 112 valence electrons. The number of aromatic nitrogens is 1. The molecule has 0 aliphatic carbocycles. The van der Waals surface area contributed by atoms with E-state index in [-0.39, 0.29) is 5.75 Å². The number of hydrogen-bond donors (Lipinski definition) is 2. The summed E-state index contributed by atoms with van der Waals surface area (Å²) < 4.78 is 32.1. The molecule has 21 heavy (non-hydrogen) atoms. The van der Waals surface area contributed by atoms with Crippen molar-refractivity contribution in [2.45, 2.75) is 25.6 Å². The summed E-state index contributed by atoms with van der Waals surface area (Å²) in [6.07, 6.45) is 0.910. The zero-order valence-corrected chi connectivity index (χ0v) is 12.5. The number of anilines is 1. The Bertz CT molecular complexity index is 753. The highest BCUT2D eigenvalue weighted by molar-refractivity contribution is 7.91. The molecule has 3 rings (SSSR count). The molecule has 0 saturated carbocycles. The van der Waals surface area contributed by atoms with Crippen LogP contribution in [0.15, 0.2) is 28.8 Å². The van der Waals surface area contributed by atoms with Crippen molar-refractivity contribution in [3.8, 4) is 0 Å². The third-order valence-corrected chi connectivity index (χ3v) is 4.63. The van der Waals surface area contributed by atoms with Crippen molar-refractivity contribution < 1.29 is 12.9 Å². The smallest absolute Gasteiger partial charge is 0.238 e. The van der Waals surface area contributed by atoms with E-state index in [0.29, 0.717) is 23.7 Å². The molecule has 1 aromatic carbocycles. The van der Waals surface area contributed by atoms with Gasteiger partial charge < -0.3 is 9.84 Å².